The minimum Gasteiger partial charge on any atom is -0.463 e. The molecule has 0 radical (unpaired) electrons. The van der Waals surface area contributed by atoms with Crippen LogP contribution in [0.3, 0.4) is 0 Å². The summed E-state index contributed by atoms with van der Waals surface area (Å²) in [6, 6.07) is 1.50. The lowest BCUT2D eigenvalue weighted by Crippen LogP contribution is -2.03. The fourth-order valence-electron chi connectivity index (χ4n) is 1.81. The van der Waals surface area contributed by atoms with Gasteiger partial charge in [-0.25, -0.2) is 22.9 Å². The second-order valence-corrected chi connectivity index (χ2v) is 4.29. The van der Waals surface area contributed by atoms with Gasteiger partial charge in [-0.1, -0.05) is 13.3 Å². The van der Waals surface area contributed by atoms with E-state index in [0.29, 0.717) is 18.5 Å². The number of carbonyl (C=O) groups is 1. The van der Waals surface area contributed by atoms with E-state index in [1.165, 1.54) is 7.11 Å². The Labute approximate surface area is 118 Å². The molecular weight excluding hydrogens is 287 g/mol. The lowest BCUT2D eigenvalue weighted by molar-refractivity contribution is 0.0564. The Morgan fingerprint density at radius 3 is 2.43 bits per heavy atom. The van der Waals surface area contributed by atoms with Crippen LogP contribution >= 0.6 is 0 Å². The van der Waals surface area contributed by atoms with E-state index in [1.54, 1.807) is 0 Å². The summed E-state index contributed by atoms with van der Waals surface area (Å²) in [5.41, 5.74) is 0.225. The molecule has 0 atom stereocenters. The molecular formula is C14H12F3NO3. The SMILES string of the molecule is CCCc1nc(-c2cc(F)c(F)c(F)c2)oc1C(=O)OC. The van der Waals surface area contributed by atoms with Crippen molar-refractivity contribution in [2.24, 2.45) is 0 Å². The van der Waals surface area contributed by atoms with Gasteiger partial charge in [0.25, 0.3) is 0 Å². The molecule has 1 aromatic carbocycles. The van der Waals surface area contributed by atoms with Gasteiger partial charge in [-0.3, -0.25) is 0 Å². The molecule has 112 valence electrons. The summed E-state index contributed by atoms with van der Waals surface area (Å²) in [5, 5.41) is 0. The average molecular weight is 299 g/mol. The van der Waals surface area contributed by atoms with Crippen LogP contribution in [0.4, 0.5) is 13.2 Å². The van der Waals surface area contributed by atoms with Crippen molar-refractivity contribution in [1.29, 1.82) is 0 Å². The Morgan fingerprint density at radius 2 is 1.90 bits per heavy atom. The second kappa shape index (κ2) is 5.99. The number of nitrogens with zero attached hydrogens (tertiary/aromatic N) is 1. The van der Waals surface area contributed by atoms with Crippen LogP contribution in [0.5, 0.6) is 0 Å². The maximum absolute atomic E-state index is 13.2. The first-order valence-corrected chi connectivity index (χ1v) is 6.20. The standard InChI is InChI=1S/C14H12F3NO3/c1-3-4-10-12(14(19)20-2)21-13(18-10)7-5-8(15)11(17)9(16)6-7/h5-6H,3-4H2,1-2H3. The van der Waals surface area contributed by atoms with Gasteiger partial charge in [0.2, 0.25) is 11.7 Å². The largest absolute Gasteiger partial charge is 0.463 e. The van der Waals surface area contributed by atoms with Gasteiger partial charge in [0.05, 0.1) is 12.8 Å². The number of aryl methyl sites for hydroxylation is 1. The minimum atomic E-state index is -1.58. The van der Waals surface area contributed by atoms with Gasteiger partial charge in [-0.2, -0.15) is 0 Å². The Hall–Kier alpha value is -2.31. The molecule has 2 rings (SSSR count). The lowest BCUT2D eigenvalue weighted by atomic mass is 10.2. The Morgan fingerprint density at radius 1 is 1.29 bits per heavy atom. The highest BCUT2D eigenvalue weighted by Crippen LogP contribution is 2.26. The molecule has 0 N–H and O–H groups in total. The van der Waals surface area contributed by atoms with E-state index in [0.717, 1.165) is 12.1 Å². The molecule has 0 amide bonds. The Kier molecular flexibility index (Phi) is 4.30. The first-order valence-electron chi connectivity index (χ1n) is 6.20. The maximum Gasteiger partial charge on any atom is 0.376 e. The van der Waals surface area contributed by atoms with Crippen molar-refractivity contribution >= 4 is 5.97 Å². The van der Waals surface area contributed by atoms with Gasteiger partial charge >= 0.3 is 5.97 Å². The quantitative estimate of drug-likeness (QED) is 0.640. The van der Waals surface area contributed by atoms with E-state index >= 15 is 0 Å². The van der Waals surface area contributed by atoms with Crippen molar-refractivity contribution in [2.75, 3.05) is 7.11 Å². The van der Waals surface area contributed by atoms with Crippen molar-refractivity contribution in [2.45, 2.75) is 19.8 Å². The molecule has 0 unspecified atom stereocenters. The maximum atomic E-state index is 13.2. The fourth-order valence-corrected chi connectivity index (χ4v) is 1.81. The third-order valence-electron chi connectivity index (χ3n) is 2.79. The van der Waals surface area contributed by atoms with Crippen molar-refractivity contribution in [1.82, 2.24) is 4.98 Å². The van der Waals surface area contributed by atoms with Crippen molar-refractivity contribution in [3.05, 3.63) is 41.0 Å². The highest BCUT2D eigenvalue weighted by atomic mass is 19.2. The number of carbonyl (C=O) groups excluding carboxylic acids is 1. The van der Waals surface area contributed by atoms with Crippen molar-refractivity contribution in [3.8, 4) is 11.5 Å². The summed E-state index contributed by atoms with van der Waals surface area (Å²) in [6.07, 6.45) is 1.11. The fraction of sp³-hybridized carbons (Fsp3) is 0.286. The first-order chi connectivity index (χ1) is 9.97. The van der Waals surface area contributed by atoms with E-state index in [-0.39, 0.29) is 17.2 Å². The molecule has 21 heavy (non-hydrogen) atoms. The van der Waals surface area contributed by atoms with Crippen LogP contribution in [0.2, 0.25) is 0 Å². The molecule has 0 bridgehead atoms. The number of hydrogen-bond acceptors (Lipinski definition) is 4. The first kappa shape index (κ1) is 15.1. The van der Waals surface area contributed by atoms with Crippen LogP contribution in [0.15, 0.2) is 16.5 Å². The Balaban J connectivity index is 2.52. The third-order valence-corrected chi connectivity index (χ3v) is 2.79. The summed E-state index contributed by atoms with van der Waals surface area (Å²) in [5.74, 6) is -5.33. The second-order valence-electron chi connectivity index (χ2n) is 4.29. The average Bonchev–Trinajstić information content (AvgIpc) is 2.88. The predicted molar refractivity (Wildman–Crippen MR) is 67.1 cm³/mol. The van der Waals surface area contributed by atoms with Crippen LogP contribution in [0.25, 0.3) is 11.5 Å². The molecule has 0 aliphatic heterocycles. The van der Waals surface area contributed by atoms with E-state index in [9.17, 15) is 18.0 Å². The van der Waals surface area contributed by atoms with Crippen LogP contribution in [-0.2, 0) is 11.2 Å². The number of hydrogen-bond donors (Lipinski definition) is 0. The normalized spacial score (nSPS) is 10.7. The lowest BCUT2D eigenvalue weighted by Gasteiger charge is -1.99. The summed E-state index contributed by atoms with van der Waals surface area (Å²) in [4.78, 5) is 15.6. The van der Waals surface area contributed by atoms with E-state index in [4.69, 9.17) is 4.42 Å². The summed E-state index contributed by atoms with van der Waals surface area (Å²) in [7, 11) is 1.18. The predicted octanol–water partition coefficient (Wildman–Crippen LogP) is 3.50. The smallest absolute Gasteiger partial charge is 0.376 e. The zero-order valence-corrected chi connectivity index (χ0v) is 11.4. The van der Waals surface area contributed by atoms with Gasteiger partial charge < -0.3 is 9.15 Å². The summed E-state index contributed by atoms with van der Waals surface area (Å²) in [6.45, 7) is 1.87. The molecule has 1 heterocycles. The zero-order valence-electron chi connectivity index (χ0n) is 11.4. The number of rotatable bonds is 4. The molecule has 4 nitrogen and oxygen atoms in total. The topological polar surface area (TPSA) is 52.3 Å². The number of oxazole rings is 1. The van der Waals surface area contributed by atoms with Crippen LogP contribution in [0.1, 0.15) is 29.6 Å². The molecule has 0 saturated carbocycles. The number of benzene rings is 1. The Bertz CT molecular complexity index is 659. The van der Waals surface area contributed by atoms with Crippen LogP contribution in [0, 0.1) is 17.5 Å². The molecule has 0 spiro atoms. The van der Waals surface area contributed by atoms with E-state index in [2.05, 4.69) is 9.72 Å². The molecule has 0 aliphatic carbocycles. The van der Waals surface area contributed by atoms with Gasteiger partial charge in [0.15, 0.2) is 17.5 Å². The third kappa shape index (κ3) is 2.91. The van der Waals surface area contributed by atoms with Gasteiger partial charge in [-0.05, 0) is 18.6 Å². The van der Waals surface area contributed by atoms with Crippen LogP contribution in [-0.4, -0.2) is 18.1 Å². The van der Waals surface area contributed by atoms with Gasteiger partial charge in [-0.15, -0.1) is 0 Å². The molecule has 7 heteroatoms. The number of aromatic nitrogens is 1. The zero-order chi connectivity index (χ0) is 15.6. The summed E-state index contributed by atoms with van der Waals surface area (Å²) < 4.78 is 49.2. The van der Waals surface area contributed by atoms with Crippen LogP contribution < -0.4 is 0 Å². The monoisotopic (exact) mass is 299 g/mol. The van der Waals surface area contributed by atoms with Gasteiger partial charge in [0, 0.05) is 5.56 Å². The number of methoxy groups -OCH3 is 1. The highest BCUT2D eigenvalue weighted by molar-refractivity contribution is 5.87. The van der Waals surface area contributed by atoms with Crippen molar-refractivity contribution < 1.29 is 27.1 Å². The van der Waals surface area contributed by atoms with Gasteiger partial charge in [0.1, 0.15) is 0 Å². The molecule has 0 saturated heterocycles. The summed E-state index contributed by atoms with van der Waals surface area (Å²) >= 11 is 0. The highest BCUT2D eigenvalue weighted by Gasteiger charge is 2.22. The minimum absolute atomic E-state index is 0.0982. The number of halogens is 3. The van der Waals surface area contributed by atoms with E-state index in [1.807, 2.05) is 6.92 Å². The number of esters is 1. The number of ether oxygens (including phenoxy) is 1. The molecule has 1 aromatic heterocycles. The molecule has 0 fully saturated rings. The molecule has 2 aromatic rings. The molecule has 0 aliphatic rings. The van der Waals surface area contributed by atoms with Crippen molar-refractivity contribution in [3.63, 3.8) is 0 Å². The van der Waals surface area contributed by atoms with E-state index < -0.39 is 23.4 Å².